The third-order valence-corrected chi connectivity index (χ3v) is 4.48. The Kier molecular flexibility index (Phi) is 2.73. The average Bonchev–Trinajstić information content (AvgIpc) is 2.96. The van der Waals surface area contributed by atoms with Crippen molar-refractivity contribution >= 4 is 28.3 Å². The number of nitrogens with two attached hydrogens (primary N) is 1. The Morgan fingerprint density at radius 3 is 2.56 bits per heavy atom. The number of carbonyl (C=O) groups is 1. The molecule has 120 valence electrons. The van der Waals surface area contributed by atoms with Crippen molar-refractivity contribution in [1.29, 1.82) is 0 Å². The Morgan fingerprint density at radius 2 is 1.72 bits per heavy atom. The van der Waals surface area contributed by atoms with Gasteiger partial charge in [-0.2, -0.15) is 0 Å². The summed E-state index contributed by atoms with van der Waals surface area (Å²) in [6.07, 6.45) is 0. The number of fused-ring (bicyclic) bond motifs is 2. The van der Waals surface area contributed by atoms with Crippen molar-refractivity contribution in [2.45, 2.75) is 0 Å². The van der Waals surface area contributed by atoms with Crippen LogP contribution in [0.15, 0.2) is 66.7 Å². The minimum Gasteiger partial charge on any atom is -0.399 e. The van der Waals surface area contributed by atoms with Crippen LogP contribution in [-0.4, -0.2) is 15.5 Å². The molecule has 1 aromatic heterocycles. The Morgan fingerprint density at radius 1 is 0.920 bits per heavy atom. The van der Waals surface area contributed by atoms with Crippen molar-refractivity contribution in [3.63, 3.8) is 0 Å². The van der Waals surface area contributed by atoms with E-state index in [2.05, 4.69) is 5.32 Å². The third-order valence-electron chi connectivity index (χ3n) is 4.48. The van der Waals surface area contributed by atoms with E-state index in [1.807, 2.05) is 71.3 Å². The maximum absolute atomic E-state index is 12.7. The topological polar surface area (TPSA) is 72.9 Å². The van der Waals surface area contributed by atoms with Crippen LogP contribution < -0.4 is 11.1 Å². The number of amides is 1. The van der Waals surface area contributed by atoms with Crippen LogP contribution in [0.3, 0.4) is 0 Å². The van der Waals surface area contributed by atoms with Gasteiger partial charge in [-0.15, -0.1) is 0 Å². The molecule has 0 spiro atoms. The predicted octanol–water partition coefficient (Wildman–Crippen LogP) is 3.84. The quantitative estimate of drug-likeness (QED) is 0.522. The van der Waals surface area contributed by atoms with Gasteiger partial charge in [0.15, 0.2) is 0 Å². The number of carbonyl (C=O) groups excluding carboxylic acids is 1. The van der Waals surface area contributed by atoms with Gasteiger partial charge in [-0.1, -0.05) is 18.2 Å². The molecule has 4 aromatic rings. The SMILES string of the molecule is Nc1ccc(-c2nc3cccc4c3n2-c2ccccc2NC4=O)cc1. The van der Waals surface area contributed by atoms with Crippen LogP contribution in [0.5, 0.6) is 0 Å². The van der Waals surface area contributed by atoms with Crippen LogP contribution >= 0.6 is 0 Å². The Balaban J connectivity index is 1.94. The lowest BCUT2D eigenvalue weighted by Crippen LogP contribution is -2.10. The summed E-state index contributed by atoms with van der Waals surface area (Å²) in [6, 6.07) is 21.0. The van der Waals surface area contributed by atoms with Gasteiger partial charge in [0.25, 0.3) is 5.91 Å². The summed E-state index contributed by atoms with van der Waals surface area (Å²) in [7, 11) is 0. The lowest BCUT2D eigenvalue weighted by molar-refractivity contribution is 0.102. The van der Waals surface area contributed by atoms with Crippen LogP contribution in [0.4, 0.5) is 11.4 Å². The molecule has 0 aliphatic carbocycles. The van der Waals surface area contributed by atoms with Gasteiger partial charge in [-0.3, -0.25) is 9.36 Å². The highest BCUT2D eigenvalue weighted by Crippen LogP contribution is 2.36. The minimum atomic E-state index is -0.124. The average molecular weight is 326 g/mol. The van der Waals surface area contributed by atoms with E-state index < -0.39 is 0 Å². The molecular weight excluding hydrogens is 312 g/mol. The molecule has 2 heterocycles. The number of para-hydroxylation sites is 3. The van der Waals surface area contributed by atoms with Crippen molar-refractivity contribution in [3.05, 3.63) is 72.3 Å². The van der Waals surface area contributed by atoms with Gasteiger partial charge < -0.3 is 11.1 Å². The standard InChI is InChI=1S/C20H14N4O/c21-13-10-8-12(9-11-13)19-22-16-6-3-4-14-18(16)24(19)17-7-2-1-5-15(17)23-20(14)25/h1-11H,21H2,(H,23,25). The highest BCUT2D eigenvalue weighted by molar-refractivity contribution is 6.14. The van der Waals surface area contributed by atoms with Crippen molar-refractivity contribution < 1.29 is 4.79 Å². The molecule has 3 aromatic carbocycles. The molecule has 0 fully saturated rings. The first kappa shape index (κ1) is 13.8. The van der Waals surface area contributed by atoms with Crippen LogP contribution in [0, 0.1) is 0 Å². The number of imidazole rings is 1. The molecule has 5 rings (SSSR count). The number of hydrogen-bond donors (Lipinski definition) is 2. The normalized spacial score (nSPS) is 12.6. The summed E-state index contributed by atoms with van der Waals surface area (Å²) in [5, 5.41) is 3.00. The fourth-order valence-electron chi connectivity index (χ4n) is 3.33. The molecule has 5 nitrogen and oxygen atoms in total. The van der Waals surface area contributed by atoms with Crippen LogP contribution in [-0.2, 0) is 0 Å². The summed E-state index contributed by atoms with van der Waals surface area (Å²) >= 11 is 0. The predicted molar refractivity (Wildman–Crippen MR) is 98.9 cm³/mol. The van der Waals surface area contributed by atoms with Gasteiger partial charge in [0.05, 0.1) is 28.0 Å². The molecule has 1 aliphatic rings. The van der Waals surface area contributed by atoms with Crippen LogP contribution in [0.25, 0.3) is 28.1 Å². The van der Waals surface area contributed by atoms with E-state index in [0.29, 0.717) is 11.3 Å². The zero-order valence-electron chi connectivity index (χ0n) is 13.2. The smallest absolute Gasteiger partial charge is 0.257 e. The lowest BCUT2D eigenvalue weighted by atomic mass is 10.1. The first-order valence-electron chi connectivity index (χ1n) is 8.00. The molecule has 0 saturated carbocycles. The fourth-order valence-corrected chi connectivity index (χ4v) is 3.33. The van der Waals surface area contributed by atoms with Crippen molar-refractivity contribution in [1.82, 2.24) is 9.55 Å². The third kappa shape index (κ3) is 1.96. The summed E-state index contributed by atoms with van der Waals surface area (Å²) in [5.41, 5.74) is 11.4. The monoisotopic (exact) mass is 326 g/mol. The fraction of sp³-hybridized carbons (Fsp3) is 0. The van der Waals surface area contributed by atoms with Gasteiger partial charge in [0, 0.05) is 11.3 Å². The van der Waals surface area contributed by atoms with Gasteiger partial charge in [0.1, 0.15) is 5.82 Å². The maximum atomic E-state index is 12.7. The van der Waals surface area contributed by atoms with Gasteiger partial charge in [-0.25, -0.2) is 4.98 Å². The number of aromatic nitrogens is 2. The Bertz CT molecular complexity index is 1140. The number of anilines is 2. The van der Waals surface area contributed by atoms with Crippen LogP contribution in [0.2, 0.25) is 0 Å². The first-order chi connectivity index (χ1) is 12.2. The van der Waals surface area contributed by atoms with Crippen molar-refractivity contribution in [3.8, 4) is 17.1 Å². The molecule has 0 radical (unpaired) electrons. The van der Waals surface area contributed by atoms with E-state index in [-0.39, 0.29) is 5.91 Å². The second-order valence-corrected chi connectivity index (χ2v) is 6.04. The zero-order valence-corrected chi connectivity index (χ0v) is 13.2. The lowest BCUT2D eigenvalue weighted by Gasteiger charge is -2.12. The van der Waals surface area contributed by atoms with E-state index in [0.717, 1.165) is 33.8 Å². The molecular formula is C20H14N4O. The number of nitrogen functional groups attached to an aromatic ring is 1. The largest absolute Gasteiger partial charge is 0.399 e. The van der Waals surface area contributed by atoms with E-state index in [1.165, 1.54) is 0 Å². The maximum Gasteiger partial charge on any atom is 0.257 e. The van der Waals surface area contributed by atoms with Gasteiger partial charge in [0.2, 0.25) is 0 Å². The number of nitrogens with zero attached hydrogens (tertiary/aromatic N) is 2. The van der Waals surface area contributed by atoms with Gasteiger partial charge in [-0.05, 0) is 48.5 Å². The second kappa shape index (κ2) is 4.95. The highest BCUT2D eigenvalue weighted by Gasteiger charge is 2.25. The molecule has 5 heteroatoms. The molecule has 0 bridgehead atoms. The van der Waals surface area contributed by atoms with E-state index >= 15 is 0 Å². The minimum absolute atomic E-state index is 0.124. The highest BCUT2D eigenvalue weighted by atomic mass is 16.1. The second-order valence-electron chi connectivity index (χ2n) is 6.04. The zero-order chi connectivity index (χ0) is 17.0. The van der Waals surface area contributed by atoms with Crippen molar-refractivity contribution in [2.24, 2.45) is 0 Å². The summed E-state index contributed by atoms with van der Waals surface area (Å²) < 4.78 is 2.05. The molecule has 1 amide bonds. The molecule has 1 aliphatic heterocycles. The number of nitrogens with one attached hydrogen (secondary N) is 1. The molecule has 0 unspecified atom stereocenters. The summed E-state index contributed by atoms with van der Waals surface area (Å²) in [6.45, 7) is 0. The summed E-state index contributed by atoms with van der Waals surface area (Å²) in [4.78, 5) is 17.5. The van der Waals surface area contributed by atoms with E-state index in [1.54, 1.807) is 0 Å². The van der Waals surface area contributed by atoms with Gasteiger partial charge >= 0.3 is 0 Å². The number of benzene rings is 3. The molecule has 25 heavy (non-hydrogen) atoms. The first-order valence-corrected chi connectivity index (χ1v) is 8.00. The summed E-state index contributed by atoms with van der Waals surface area (Å²) in [5.74, 6) is 0.659. The van der Waals surface area contributed by atoms with E-state index in [4.69, 9.17) is 10.7 Å². The molecule has 3 N–H and O–H groups in total. The number of rotatable bonds is 1. The Hall–Kier alpha value is -3.60. The van der Waals surface area contributed by atoms with E-state index in [9.17, 15) is 4.79 Å². The number of hydrogen-bond acceptors (Lipinski definition) is 3. The molecule has 0 saturated heterocycles. The van der Waals surface area contributed by atoms with Crippen LogP contribution in [0.1, 0.15) is 10.4 Å². The Labute approximate surface area is 143 Å². The molecule has 0 atom stereocenters. The van der Waals surface area contributed by atoms with Crippen molar-refractivity contribution in [2.75, 3.05) is 11.1 Å².